The first kappa shape index (κ1) is 27.3. The normalized spacial score (nSPS) is 10.8. The third kappa shape index (κ3) is 7.33. The van der Waals surface area contributed by atoms with Gasteiger partial charge in [0.25, 0.3) is 5.91 Å². The Hall–Kier alpha value is -3.34. The maximum absolute atomic E-state index is 14.0. The van der Waals surface area contributed by atoms with Crippen molar-refractivity contribution in [2.45, 2.75) is 26.9 Å². The minimum atomic E-state index is -0.392. The fraction of sp³-hybridized carbons (Fsp3) is 0.259. The van der Waals surface area contributed by atoms with Crippen molar-refractivity contribution in [3.05, 3.63) is 80.7 Å². The number of carbonyl (C=O) groups is 1. The van der Waals surface area contributed by atoms with E-state index in [0.717, 1.165) is 9.99 Å². The lowest BCUT2D eigenvalue weighted by atomic mass is 10.2. The van der Waals surface area contributed by atoms with Crippen molar-refractivity contribution in [3.63, 3.8) is 0 Å². The monoisotopic (exact) mass is 606 g/mol. The highest BCUT2D eigenvalue weighted by molar-refractivity contribution is 14.1. The topological polar surface area (TPSA) is 78.4 Å². The van der Waals surface area contributed by atoms with E-state index >= 15 is 0 Å². The summed E-state index contributed by atoms with van der Waals surface area (Å²) in [6.07, 6.45) is 2.38. The maximum Gasteiger partial charge on any atom is 0.271 e. The summed E-state index contributed by atoms with van der Waals surface area (Å²) in [4.78, 5) is 12.6. The summed E-state index contributed by atoms with van der Waals surface area (Å²) >= 11 is 2.12. The predicted octanol–water partition coefficient (Wildman–Crippen LogP) is 5.97. The first-order chi connectivity index (χ1) is 17.5. The highest BCUT2D eigenvalue weighted by atomic mass is 127. The summed E-state index contributed by atoms with van der Waals surface area (Å²) in [7, 11) is 1.52. The summed E-state index contributed by atoms with van der Waals surface area (Å²) in [6, 6.07) is 15.0. The van der Waals surface area contributed by atoms with Gasteiger partial charge in [0.2, 0.25) is 0 Å². The molecule has 1 N–H and O–H groups in total. The molecule has 3 rings (SSSR count). The average molecular weight is 606 g/mol. The number of rotatable bonds is 12. The standard InChI is InChI=1S/C27H28FIN2O5/c1-4-12-35-23-11-10-19(15-24(23)33-3)27(32)31-30-16-18-13-22(29)26(25(14-18)34-5-2)36-17-20-8-6-7-9-21(20)28/h6-11,13-16H,4-5,12,17H2,1-3H3,(H,31,32)/b30-16+. The van der Waals surface area contributed by atoms with E-state index in [1.165, 1.54) is 19.4 Å². The van der Waals surface area contributed by atoms with Crippen molar-refractivity contribution >= 4 is 34.7 Å². The lowest BCUT2D eigenvalue weighted by Crippen LogP contribution is -2.17. The van der Waals surface area contributed by atoms with Gasteiger partial charge in [-0.15, -0.1) is 0 Å². The maximum atomic E-state index is 14.0. The fourth-order valence-corrected chi connectivity index (χ4v) is 3.98. The van der Waals surface area contributed by atoms with Gasteiger partial charge in [-0.1, -0.05) is 25.1 Å². The van der Waals surface area contributed by atoms with Crippen LogP contribution >= 0.6 is 22.6 Å². The van der Waals surface area contributed by atoms with Gasteiger partial charge >= 0.3 is 0 Å². The van der Waals surface area contributed by atoms with Crippen LogP contribution in [0.2, 0.25) is 0 Å². The Balaban J connectivity index is 1.71. The number of carbonyl (C=O) groups excluding carboxylic acids is 1. The molecule has 0 aliphatic carbocycles. The molecule has 3 aromatic rings. The molecule has 0 unspecified atom stereocenters. The second-order valence-electron chi connectivity index (χ2n) is 7.56. The van der Waals surface area contributed by atoms with E-state index in [1.807, 2.05) is 19.9 Å². The lowest BCUT2D eigenvalue weighted by molar-refractivity contribution is 0.0954. The van der Waals surface area contributed by atoms with Crippen molar-refractivity contribution in [1.82, 2.24) is 5.43 Å². The van der Waals surface area contributed by atoms with Crippen molar-refractivity contribution in [3.8, 4) is 23.0 Å². The molecule has 0 heterocycles. The van der Waals surface area contributed by atoms with E-state index in [9.17, 15) is 9.18 Å². The van der Waals surface area contributed by atoms with Gasteiger partial charge in [-0.3, -0.25) is 4.79 Å². The van der Waals surface area contributed by atoms with Crippen LogP contribution in [0.15, 0.2) is 59.7 Å². The predicted molar refractivity (Wildman–Crippen MR) is 145 cm³/mol. The van der Waals surface area contributed by atoms with E-state index in [1.54, 1.807) is 42.5 Å². The third-order valence-electron chi connectivity index (χ3n) is 4.93. The van der Waals surface area contributed by atoms with Crippen molar-refractivity contribution < 1.29 is 28.1 Å². The molecule has 1 amide bonds. The molecule has 36 heavy (non-hydrogen) atoms. The van der Waals surface area contributed by atoms with Crippen LogP contribution in [0.25, 0.3) is 0 Å². The number of hydrazone groups is 1. The number of halogens is 2. The van der Waals surface area contributed by atoms with Crippen LogP contribution in [0, 0.1) is 9.39 Å². The Kier molecular flexibility index (Phi) is 10.3. The zero-order valence-electron chi connectivity index (χ0n) is 20.3. The molecule has 190 valence electrons. The average Bonchev–Trinajstić information content (AvgIpc) is 2.88. The Morgan fingerprint density at radius 2 is 1.83 bits per heavy atom. The molecule has 0 saturated heterocycles. The van der Waals surface area contributed by atoms with Crippen LogP contribution in [0.3, 0.4) is 0 Å². The van der Waals surface area contributed by atoms with E-state index in [-0.39, 0.29) is 12.4 Å². The van der Waals surface area contributed by atoms with Crippen LogP contribution < -0.4 is 24.4 Å². The van der Waals surface area contributed by atoms with Crippen LogP contribution in [-0.4, -0.2) is 32.4 Å². The van der Waals surface area contributed by atoms with E-state index in [0.29, 0.717) is 52.9 Å². The Morgan fingerprint density at radius 3 is 2.56 bits per heavy atom. The van der Waals surface area contributed by atoms with Gasteiger partial charge in [-0.05, 0) is 77.9 Å². The number of ether oxygens (including phenoxy) is 4. The Bertz CT molecular complexity index is 1220. The van der Waals surface area contributed by atoms with Crippen molar-refractivity contribution in [1.29, 1.82) is 0 Å². The quantitative estimate of drug-likeness (QED) is 0.156. The second-order valence-corrected chi connectivity index (χ2v) is 8.72. The summed E-state index contributed by atoms with van der Waals surface area (Å²) in [5, 5.41) is 4.08. The van der Waals surface area contributed by atoms with Crippen LogP contribution in [0.1, 0.15) is 41.8 Å². The highest BCUT2D eigenvalue weighted by Crippen LogP contribution is 2.34. The molecule has 0 fully saturated rings. The van der Waals surface area contributed by atoms with Gasteiger partial charge in [0.15, 0.2) is 23.0 Å². The molecule has 0 spiro atoms. The molecule has 0 aromatic heterocycles. The van der Waals surface area contributed by atoms with Gasteiger partial charge in [0.05, 0.1) is 30.1 Å². The first-order valence-electron chi connectivity index (χ1n) is 11.4. The van der Waals surface area contributed by atoms with Gasteiger partial charge in [-0.25, -0.2) is 9.82 Å². The molecule has 0 atom stereocenters. The molecule has 7 nitrogen and oxygen atoms in total. The number of nitrogens with one attached hydrogen (secondary N) is 1. The number of benzene rings is 3. The van der Waals surface area contributed by atoms with E-state index in [4.69, 9.17) is 18.9 Å². The molecule has 9 heteroatoms. The smallest absolute Gasteiger partial charge is 0.271 e. The minimum absolute atomic E-state index is 0.0674. The van der Waals surface area contributed by atoms with Crippen molar-refractivity contribution in [2.75, 3.05) is 20.3 Å². The molecule has 0 aliphatic rings. The second kappa shape index (κ2) is 13.7. The number of nitrogens with zero attached hydrogens (tertiary/aromatic N) is 1. The van der Waals surface area contributed by atoms with E-state index < -0.39 is 5.91 Å². The van der Waals surface area contributed by atoms with Gasteiger partial charge in [0.1, 0.15) is 12.4 Å². The van der Waals surface area contributed by atoms with Crippen LogP contribution in [0.4, 0.5) is 4.39 Å². The van der Waals surface area contributed by atoms with Gasteiger partial charge < -0.3 is 18.9 Å². The summed E-state index contributed by atoms with van der Waals surface area (Å²) in [6.45, 7) is 4.92. The SMILES string of the molecule is CCCOc1ccc(C(=O)N/N=C/c2cc(I)c(OCc3ccccc3F)c(OCC)c2)cc1OC. The summed E-state index contributed by atoms with van der Waals surface area (Å²) < 4.78 is 37.3. The van der Waals surface area contributed by atoms with Crippen molar-refractivity contribution in [2.24, 2.45) is 5.10 Å². The Morgan fingerprint density at radius 1 is 1.03 bits per heavy atom. The van der Waals surface area contributed by atoms with E-state index in [2.05, 4.69) is 33.1 Å². The molecular formula is C27H28FIN2O5. The molecular weight excluding hydrogens is 578 g/mol. The fourth-order valence-electron chi connectivity index (χ4n) is 3.20. The molecule has 0 bridgehead atoms. The van der Waals surface area contributed by atoms with Crippen LogP contribution in [0.5, 0.6) is 23.0 Å². The molecule has 0 aliphatic heterocycles. The number of methoxy groups -OCH3 is 1. The summed E-state index contributed by atoms with van der Waals surface area (Å²) in [5.74, 6) is 1.35. The highest BCUT2D eigenvalue weighted by Gasteiger charge is 2.14. The van der Waals surface area contributed by atoms with Crippen LogP contribution in [-0.2, 0) is 6.61 Å². The largest absolute Gasteiger partial charge is 0.493 e. The summed E-state index contributed by atoms with van der Waals surface area (Å²) in [5.41, 5.74) is 4.05. The number of amides is 1. The molecule has 0 radical (unpaired) electrons. The number of hydrogen-bond acceptors (Lipinski definition) is 6. The lowest BCUT2D eigenvalue weighted by Gasteiger charge is -2.15. The third-order valence-corrected chi connectivity index (χ3v) is 5.73. The number of hydrogen-bond donors (Lipinski definition) is 1. The zero-order valence-corrected chi connectivity index (χ0v) is 22.5. The zero-order chi connectivity index (χ0) is 25.9. The minimum Gasteiger partial charge on any atom is -0.493 e. The molecule has 0 saturated carbocycles. The Labute approximate surface area is 223 Å². The molecule has 3 aromatic carbocycles. The van der Waals surface area contributed by atoms with Gasteiger partial charge in [0, 0.05) is 11.1 Å². The van der Waals surface area contributed by atoms with Gasteiger partial charge in [-0.2, -0.15) is 5.10 Å². The first-order valence-corrected chi connectivity index (χ1v) is 12.5.